The Morgan fingerprint density at radius 2 is 1.31 bits per heavy atom. The summed E-state index contributed by atoms with van der Waals surface area (Å²) in [5, 5.41) is 10.8. The second kappa shape index (κ2) is 14.3. The maximum Gasteiger partial charge on any atom is 0.254 e. The topological polar surface area (TPSA) is 132 Å². The molecule has 0 unspecified atom stereocenters. The highest BCUT2D eigenvalue weighted by Gasteiger charge is 2.47. The van der Waals surface area contributed by atoms with Crippen molar-refractivity contribution in [2.24, 2.45) is 5.92 Å². The molecule has 1 N–H and O–H groups in total. The van der Waals surface area contributed by atoms with Crippen molar-refractivity contribution >= 4 is 31.7 Å². The molecule has 0 radical (unpaired) electrons. The Kier molecular flexibility index (Phi) is 10.3. The first kappa shape index (κ1) is 36.9. The fourth-order valence-electron chi connectivity index (χ4n) is 7.54. The Balaban J connectivity index is 1.00. The molecule has 0 saturated carbocycles. The van der Waals surface area contributed by atoms with Crippen LogP contribution in [0, 0.1) is 5.92 Å². The second-order valence-electron chi connectivity index (χ2n) is 16.2. The number of carbonyl (C=O) groups is 4. The van der Waals surface area contributed by atoms with Crippen LogP contribution in [0.2, 0.25) is 18.1 Å². The maximum absolute atomic E-state index is 13.6. The lowest BCUT2D eigenvalue weighted by atomic mass is 9.98. The Morgan fingerprint density at radius 3 is 1.92 bits per heavy atom. The van der Waals surface area contributed by atoms with Crippen molar-refractivity contribution in [3.63, 3.8) is 0 Å². The molecule has 0 aromatic heterocycles. The molecule has 276 valence electrons. The molecule has 2 aromatic rings. The largest absolute Gasteiger partial charge is 0.504 e. The van der Waals surface area contributed by atoms with Gasteiger partial charge in [0, 0.05) is 43.5 Å². The molecule has 4 aliphatic heterocycles. The lowest BCUT2D eigenvalue weighted by Gasteiger charge is -2.38. The first-order valence-electron chi connectivity index (χ1n) is 18.3. The van der Waals surface area contributed by atoms with E-state index in [0.29, 0.717) is 91.7 Å². The van der Waals surface area contributed by atoms with Crippen LogP contribution in [0.5, 0.6) is 23.0 Å². The molecule has 4 atom stereocenters. The summed E-state index contributed by atoms with van der Waals surface area (Å²) in [6, 6.07) is 5.61. The number of hydrogen-bond acceptors (Lipinski definition) is 9. The van der Waals surface area contributed by atoms with Crippen LogP contribution in [0.1, 0.15) is 91.6 Å². The van der Waals surface area contributed by atoms with Crippen molar-refractivity contribution in [3.8, 4) is 23.0 Å². The molecule has 6 rings (SSSR count). The molecule has 51 heavy (non-hydrogen) atoms. The zero-order valence-corrected chi connectivity index (χ0v) is 32.0. The highest BCUT2D eigenvalue weighted by molar-refractivity contribution is 6.74. The molecule has 12 heteroatoms. The zero-order chi connectivity index (χ0) is 36.8. The molecular weight excluding hydrogens is 669 g/mol. The van der Waals surface area contributed by atoms with E-state index in [4.69, 9.17) is 18.6 Å². The summed E-state index contributed by atoms with van der Waals surface area (Å²) < 4.78 is 24.1. The Bertz CT molecular complexity index is 1720. The first-order valence-corrected chi connectivity index (χ1v) is 21.2. The molecule has 2 fully saturated rings. The van der Waals surface area contributed by atoms with Crippen LogP contribution in [-0.4, -0.2) is 98.2 Å². The summed E-state index contributed by atoms with van der Waals surface area (Å²) in [6.07, 6.45) is 3.45. The van der Waals surface area contributed by atoms with E-state index in [0.717, 1.165) is 6.42 Å². The summed E-state index contributed by atoms with van der Waals surface area (Å²) >= 11 is 0. The van der Waals surface area contributed by atoms with Crippen LogP contribution in [0.25, 0.3) is 0 Å². The van der Waals surface area contributed by atoms with Crippen LogP contribution < -0.4 is 14.2 Å². The molecule has 2 amide bonds. The summed E-state index contributed by atoms with van der Waals surface area (Å²) in [7, 11) is -0.543. The maximum atomic E-state index is 13.6. The number of Topliss-reactive ketones (excluding diaryl/α,β-unsaturated/α-hetero) is 2. The van der Waals surface area contributed by atoms with E-state index in [1.807, 2.05) is 0 Å². The quantitative estimate of drug-likeness (QED) is 0.228. The van der Waals surface area contributed by atoms with Gasteiger partial charge < -0.3 is 33.5 Å². The van der Waals surface area contributed by atoms with E-state index in [2.05, 4.69) is 40.8 Å². The number of nitrogens with zero attached hydrogens (tertiary/aromatic N) is 2. The number of ketones is 2. The van der Waals surface area contributed by atoms with E-state index >= 15 is 0 Å². The first-order chi connectivity index (χ1) is 24.1. The number of fused-ring (bicyclic) bond motifs is 4. The Hall–Kier alpha value is -3.90. The standard InChI is InChI=1S/C39H52N2O9Si/c1-23-13-29-31(42)15-25-17-36(35(47-5)20-28(25)38(46)40(29)21-23)49-12-10-8-9-11-48-34-16-24-14-32(43)30-18-26(50-51(6,7)39(2,3)4)22-41(30)37(45)27(24)19-33(34)44/h16-17,19-20,23,26,29-30,44H,8-15,18,21-22H2,1-7H3/t23-,26-,29+,30+/m1/s1. The average molecular weight is 721 g/mol. The van der Waals surface area contributed by atoms with Crippen molar-refractivity contribution in [2.45, 2.75) is 109 Å². The molecule has 0 spiro atoms. The second-order valence-corrected chi connectivity index (χ2v) is 21.0. The van der Waals surface area contributed by atoms with Crippen LogP contribution in [0.15, 0.2) is 24.3 Å². The van der Waals surface area contributed by atoms with Gasteiger partial charge in [-0.2, -0.15) is 0 Å². The van der Waals surface area contributed by atoms with Crippen LogP contribution in [0.3, 0.4) is 0 Å². The summed E-state index contributed by atoms with van der Waals surface area (Å²) in [6.45, 7) is 14.6. The molecule has 11 nitrogen and oxygen atoms in total. The van der Waals surface area contributed by atoms with E-state index in [-0.39, 0.29) is 64.9 Å². The molecule has 2 saturated heterocycles. The number of unbranched alkanes of at least 4 members (excludes halogenated alkanes) is 2. The lowest BCUT2D eigenvalue weighted by molar-refractivity contribution is -0.122. The van der Waals surface area contributed by atoms with Crippen molar-refractivity contribution in [2.75, 3.05) is 33.4 Å². The Labute approximate surface area is 301 Å². The normalized spacial score (nSPS) is 23.4. The van der Waals surface area contributed by atoms with E-state index in [1.165, 1.54) is 13.2 Å². The minimum atomic E-state index is -2.08. The minimum Gasteiger partial charge on any atom is -0.504 e. The smallest absolute Gasteiger partial charge is 0.254 e. The third-order valence-electron chi connectivity index (χ3n) is 11.4. The summed E-state index contributed by atoms with van der Waals surface area (Å²) in [5.74, 6) is 1.01. The number of methoxy groups -OCH3 is 1. The number of ether oxygens (including phenoxy) is 3. The summed E-state index contributed by atoms with van der Waals surface area (Å²) in [5.41, 5.74) is 2.06. The average Bonchev–Trinajstić information content (AvgIpc) is 3.63. The van der Waals surface area contributed by atoms with Crippen molar-refractivity contribution in [1.82, 2.24) is 9.80 Å². The highest BCUT2D eigenvalue weighted by Crippen LogP contribution is 2.41. The third-order valence-corrected chi connectivity index (χ3v) is 15.9. The number of rotatable bonds is 11. The third kappa shape index (κ3) is 7.39. The fourth-order valence-corrected chi connectivity index (χ4v) is 8.90. The van der Waals surface area contributed by atoms with E-state index in [9.17, 15) is 24.3 Å². The predicted molar refractivity (Wildman–Crippen MR) is 193 cm³/mol. The minimum absolute atomic E-state index is 0.0175. The zero-order valence-electron chi connectivity index (χ0n) is 31.0. The van der Waals surface area contributed by atoms with Gasteiger partial charge in [-0.1, -0.05) is 27.7 Å². The molecular formula is C39H52N2O9Si. The van der Waals surface area contributed by atoms with Gasteiger partial charge in [-0.15, -0.1) is 0 Å². The van der Waals surface area contributed by atoms with Gasteiger partial charge in [0.05, 0.1) is 38.5 Å². The lowest BCUT2D eigenvalue weighted by Crippen LogP contribution is -2.44. The molecule has 2 aromatic carbocycles. The number of carbonyl (C=O) groups excluding carboxylic acids is 4. The van der Waals surface area contributed by atoms with Crippen molar-refractivity contribution < 1.29 is 42.9 Å². The molecule has 4 heterocycles. The van der Waals surface area contributed by atoms with Crippen LogP contribution in [-0.2, 0) is 26.9 Å². The molecule has 0 bridgehead atoms. The van der Waals surface area contributed by atoms with Crippen molar-refractivity contribution in [3.05, 3.63) is 46.5 Å². The van der Waals surface area contributed by atoms with Gasteiger partial charge in [-0.25, -0.2) is 0 Å². The van der Waals surface area contributed by atoms with Gasteiger partial charge in [0.2, 0.25) is 0 Å². The van der Waals surface area contributed by atoms with Crippen molar-refractivity contribution in [1.29, 1.82) is 0 Å². The summed E-state index contributed by atoms with van der Waals surface area (Å²) in [4.78, 5) is 56.7. The van der Waals surface area contributed by atoms with Gasteiger partial charge in [0.25, 0.3) is 11.8 Å². The Morgan fingerprint density at radius 1 is 0.765 bits per heavy atom. The number of benzene rings is 2. The number of phenols is 1. The van der Waals surface area contributed by atoms with Gasteiger partial charge in [0.15, 0.2) is 42.9 Å². The number of amides is 2. The van der Waals surface area contributed by atoms with Gasteiger partial charge in [-0.3, -0.25) is 19.2 Å². The van der Waals surface area contributed by atoms with Gasteiger partial charge >= 0.3 is 0 Å². The van der Waals surface area contributed by atoms with Gasteiger partial charge in [0.1, 0.15) is 0 Å². The highest BCUT2D eigenvalue weighted by atomic mass is 28.4. The monoisotopic (exact) mass is 720 g/mol. The number of hydrogen-bond donors (Lipinski definition) is 1. The SMILES string of the molecule is COc1cc2c(cc1OCCCCCOc1cc3c(cc1O)C(=O)N1C[C@H](O[Si](C)(C)C(C)(C)C)C[C@H]1C(=O)C3)CC(=O)[C@@H]1C[C@@H](C)CN1C2=O. The molecule has 0 aliphatic carbocycles. The molecule has 4 aliphatic rings. The number of phenolic OH excluding ortho intramolecular Hbond substituents is 1. The number of aromatic hydroxyl groups is 1. The predicted octanol–water partition coefficient (Wildman–Crippen LogP) is 5.73. The van der Waals surface area contributed by atoms with Gasteiger partial charge in [-0.05, 0) is 85.1 Å². The van der Waals surface area contributed by atoms with Crippen LogP contribution >= 0.6 is 0 Å². The van der Waals surface area contributed by atoms with Crippen LogP contribution in [0.4, 0.5) is 0 Å². The van der Waals surface area contributed by atoms with E-state index in [1.54, 1.807) is 28.0 Å². The fraction of sp³-hybridized carbons (Fsp3) is 0.590. The van der Waals surface area contributed by atoms with E-state index < -0.39 is 14.4 Å².